The van der Waals surface area contributed by atoms with Crippen LogP contribution >= 0.6 is 15.9 Å². The molecule has 1 aromatic carbocycles. The minimum atomic E-state index is 0.0601. The number of hydrogen-bond donors (Lipinski definition) is 1. The van der Waals surface area contributed by atoms with Crippen LogP contribution in [0.3, 0.4) is 0 Å². The predicted octanol–water partition coefficient (Wildman–Crippen LogP) is 3.56. The van der Waals surface area contributed by atoms with E-state index in [2.05, 4.69) is 55.7 Å². The van der Waals surface area contributed by atoms with Gasteiger partial charge in [-0.15, -0.1) is 0 Å². The molecule has 106 valence electrons. The van der Waals surface area contributed by atoms with Gasteiger partial charge in [0.15, 0.2) is 5.82 Å². The third-order valence-corrected chi connectivity index (χ3v) is 4.48. The zero-order chi connectivity index (χ0) is 14.0. The van der Waals surface area contributed by atoms with Crippen molar-refractivity contribution in [2.75, 3.05) is 0 Å². The van der Waals surface area contributed by atoms with Crippen LogP contribution in [0.1, 0.15) is 43.5 Å². The maximum atomic E-state index is 5.25. The molecule has 4 nitrogen and oxygen atoms in total. The molecule has 5 heteroatoms. The number of aryl methyl sites for hydroxylation is 1. The van der Waals surface area contributed by atoms with Gasteiger partial charge in [0.25, 0.3) is 0 Å². The predicted molar refractivity (Wildman–Crippen MR) is 80.2 cm³/mol. The van der Waals surface area contributed by atoms with E-state index < -0.39 is 0 Å². The maximum Gasteiger partial charge on any atom is 0.240 e. The molecule has 1 N–H and O–H groups in total. The Hall–Kier alpha value is -1.20. The lowest BCUT2D eigenvalue weighted by atomic mass is 9.72. The van der Waals surface area contributed by atoms with Gasteiger partial charge in [-0.3, -0.25) is 5.32 Å². The van der Waals surface area contributed by atoms with E-state index in [-0.39, 0.29) is 5.54 Å². The van der Waals surface area contributed by atoms with E-state index in [1.165, 1.54) is 12.0 Å². The Kier molecular flexibility index (Phi) is 3.89. The maximum absolute atomic E-state index is 5.25. The summed E-state index contributed by atoms with van der Waals surface area (Å²) in [5.74, 6) is 1.44. The standard InChI is InChI=1S/C15H18BrN3O/c1-2-13-18-14(20-19-13)10-17-15(7-4-8-15)11-5-3-6-12(16)9-11/h3,5-6,9,17H,2,4,7-8,10H2,1H3. The Labute approximate surface area is 127 Å². The number of nitrogens with zero attached hydrogens (tertiary/aromatic N) is 2. The molecule has 1 aliphatic carbocycles. The van der Waals surface area contributed by atoms with Crippen molar-refractivity contribution in [1.29, 1.82) is 0 Å². The largest absolute Gasteiger partial charge is 0.338 e. The number of halogens is 1. The van der Waals surface area contributed by atoms with E-state index >= 15 is 0 Å². The van der Waals surface area contributed by atoms with Crippen molar-refractivity contribution in [3.05, 3.63) is 46.0 Å². The molecule has 1 heterocycles. The van der Waals surface area contributed by atoms with E-state index in [1.807, 2.05) is 6.92 Å². The molecule has 0 bridgehead atoms. The highest BCUT2D eigenvalue weighted by molar-refractivity contribution is 9.10. The quantitative estimate of drug-likeness (QED) is 0.907. The lowest BCUT2D eigenvalue weighted by Crippen LogP contribution is -2.47. The minimum Gasteiger partial charge on any atom is -0.338 e. The highest BCUT2D eigenvalue weighted by atomic mass is 79.9. The number of hydrogen-bond acceptors (Lipinski definition) is 4. The average molecular weight is 336 g/mol. The molecule has 2 aromatic rings. The number of aromatic nitrogens is 2. The van der Waals surface area contributed by atoms with Gasteiger partial charge in [-0.1, -0.05) is 40.1 Å². The third kappa shape index (κ3) is 2.65. The van der Waals surface area contributed by atoms with Gasteiger partial charge in [0.05, 0.1) is 6.54 Å². The highest BCUT2D eigenvalue weighted by Gasteiger charge is 2.38. The Morgan fingerprint density at radius 2 is 2.25 bits per heavy atom. The van der Waals surface area contributed by atoms with Crippen molar-refractivity contribution in [3.63, 3.8) is 0 Å². The van der Waals surface area contributed by atoms with Crippen molar-refractivity contribution in [3.8, 4) is 0 Å². The van der Waals surface area contributed by atoms with E-state index in [0.29, 0.717) is 12.4 Å². The van der Waals surface area contributed by atoms with E-state index in [1.54, 1.807) is 0 Å². The summed E-state index contributed by atoms with van der Waals surface area (Å²) in [7, 11) is 0. The third-order valence-electron chi connectivity index (χ3n) is 3.99. The minimum absolute atomic E-state index is 0.0601. The van der Waals surface area contributed by atoms with Gasteiger partial charge in [0.1, 0.15) is 0 Å². The molecule has 1 fully saturated rings. The van der Waals surface area contributed by atoms with Gasteiger partial charge in [-0.05, 0) is 37.0 Å². The summed E-state index contributed by atoms with van der Waals surface area (Å²) in [4.78, 5) is 4.35. The normalized spacial score (nSPS) is 16.9. The second kappa shape index (κ2) is 5.66. The van der Waals surface area contributed by atoms with Gasteiger partial charge in [-0.25, -0.2) is 0 Å². The molecule has 3 rings (SSSR count). The second-order valence-corrected chi connectivity index (χ2v) is 6.17. The Morgan fingerprint density at radius 3 is 2.85 bits per heavy atom. The summed E-state index contributed by atoms with van der Waals surface area (Å²) in [6.07, 6.45) is 4.36. The Bertz CT molecular complexity index is 592. The van der Waals surface area contributed by atoms with Crippen molar-refractivity contribution < 1.29 is 4.52 Å². The molecular formula is C15H18BrN3O. The number of benzene rings is 1. The summed E-state index contributed by atoms with van der Waals surface area (Å²) in [5.41, 5.74) is 1.39. The van der Waals surface area contributed by atoms with Gasteiger partial charge < -0.3 is 4.52 Å². The lowest BCUT2D eigenvalue weighted by molar-refractivity contribution is 0.174. The van der Waals surface area contributed by atoms with Crippen LogP contribution in [-0.2, 0) is 18.5 Å². The average Bonchev–Trinajstić information content (AvgIpc) is 2.86. The second-order valence-electron chi connectivity index (χ2n) is 5.26. The zero-order valence-electron chi connectivity index (χ0n) is 11.5. The zero-order valence-corrected chi connectivity index (χ0v) is 13.1. The molecular weight excluding hydrogens is 318 g/mol. The summed E-state index contributed by atoms with van der Waals surface area (Å²) in [5, 5.41) is 7.55. The summed E-state index contributed by atoms with van der Waals surface area (Å²) in [6.45, 7) is 2.65. The van der Waals surface area contributed by atoms with Crippen molar-refractivity contribution in [1.82, 2.24) is 15.5 Å². The van der Waals surface area contributed by atoms with E-state index in [4.69, 9.17) is 4.52 Å². The van der Waals surface area contributed by atoms with Crippen LogP contribution in [-0.4, -0.2) is 10.1 Å². The summed E-state index contributed by atoms with van der Waals surface area (Å²) in [6, 6.07) is 8.52. The first-order valence-electron chi connectivity index (χ1n) is 7.04. The Balaban J connectivity index is 1.73. The fourth-order valence-electron chi connectivity index (χ4n) is 2.63. The van der Waals surface area contributed by atoms with Gasteiger partial charge in [-0.2, -0.15) is 4.98 Å². The molecule has 1 aliphatic rings. The van der Waals surface area contributed by atoms with Gasteiger partial charge in [0.2, 0.25) is 5.89 Å². The lowest BCUT2D eigenvalue weighted by Gasteiger charge is -2.43. The van der Waals surface area contributed by atoms with Gasteiger partial charge >= 0.3 is 0 Å². The summed E-state index contributed by atoms with van der Waals surface area (Å²) >= 11 is 3.55. The first-order chi connectivity index (χ1) is 9.72. The van der Waals surface area contributed by atoms with Crippen LogP contribution < -0.4 is 5.32 Å². The van der Waals surface area contributed by atoms with Crippen molar-refractivity contribution >= 4 is 15.9 Å². The topological polar surface area (TPSA) is 51.0 Å². The van der Waals surface area contributed by atoms with Crippen LogP contribution in [0.2, 0.25) is 0 Å². The number of rotatable bonds is 5. The van der Waals surface area contributed by atoms with Crippen LogP contribution in [0.4, 0.5) is 0 Å². The molecule has 0 atom stereocenters. The highest BCUT2D eigenvalue weighted by Crippen LogP contribution is 2.42. The number of nitrogens with one attached hydrogen (secondary N) is 1. The van der Waals surface area contributed by atoms with Crippen LogP contribution in [0, 0.1) is 0 Å². The Morgan fingerprint density at radius 1 is 1.40 bits per heavy atom. The molecule has 1 saturated carbocycles. The van der Waals surface area contributed by atoms with Crippen LogP contribution in [0.5, 0.6) is 0 Å². The smallest absolute Gasteiger partial charge is 0.240 e. The fraction of sp³-hybridized carbons (Fsp3) is 0.467. The van der Waals surface area contributed by atoms with Crippen molar-refractivity contribution in [2.24, 2.45) is 0 Å². The monoisotopic (exact) mass is 335 g/mol. The molecule has 0 spiro atoms. The van der Waals surface area contributed by atoms with E-state index in [9.17, 15) is 0 Å². The molecule has 0 amide bonds. The molecule has 20 heavy (non-hydrogen) atoms. The fourth-order valence-corrected chi connectivity index (χ4v) is 3.03. The SMILES string of the molecule is CCc1noc(CNC2(c3cccc(Br)c3)CCC2)n1. The van der Waals surface area contributed by atoms with Crippen molar-refractivity contribution in [2.45, 2.75) is 44.7 Å². The first kappa shape index (κ1) is 13.8. The van der Waals surface area contributed by atoms with Gasteiger partial charge in [0, 0.05) is 16.4 Å². The van der Waals surface area contributed by atoms with Crippen LogP contribution in [0.25, 0.3) is 0 Å². The van der Waals surface area contributed by atoms with Crippen LogP contribution in [0.15, 0.2) is 33.3 Å². The van der Waals surface area contributed by atoms with E-state index in [0.717, 1.165) is 29.6 Å². The molecule has 0 radical (unpaired) electrons. The molecule has 0 aliphatic heterocycles. The molecule has 1 aromatic heterocycles. The summed E-state index contributed by atoms with van der Waals surface area (Å²) < 4.78 is 6.37. The molecule has 0 unspecified atom stereocenters. The molecule has 0 saturated heterocycles. The first-order valence-corrected chi connectivity index (χ1v) is 7.84.